The molecule has 19 heavy (non-hydrogen) atoms. The van der Waals surface area contributed by atoms with E-state index in [1.807, 2.05) is 13.8 Å². The van der Waals surface area contributed by atoms with Crippen molar-refractivity contribution >= 4 is 0 Å². The molecular formula is C13H23N3O3. The van der Waals surface area contributed by atoms with Crippen molar-refractivity contribution in [2.24, 2.45) is 0 Å². The molecule has 1 aliphatic carbocycles. The topological polar surface area (TPSA) is 80.4 Å². The highest BCUT2D eigenvalue weighted by Gasteiger charge is 2.33. The lowest BCUT2D eigenvalue weighted by molar-refractivity contribution is 0.0683. The van der Waals surface area contributed by atoms with Crippen LogP contribution in [0.2, 0.25) is 0 Å². The summed E-state index contributed by atoms with van der Waals surface area (Å²) in [6.07, 6.45) is 4.16. The van der Waals surface area contributed by atoms with Gasteiger partial charge in [0.05, 0.1) is 13.2 Å². The van der Waals surface area contributed by atoms with E-state index >= 15 is 0 Å². The Hall–Kier alpha value is -0.980. The summed E-state index contributed by atoms with van der Waals surface area (Å²) in [5.41, 5.74) is -0.167. The van der Waals surface area contributed by atoms with Crippen molar-refractivity contribution in [1.29, 1.82) is 0 Å². The third-order valence-corrected chi connectivity index (χ3v) is 3.74. The Morgan fingerprint density at radius 3 is 2.84 bits per heavy atom. The van der Waals surface area contributed by atoms with Gasteiger partial charge in [-0.2, -0.15) is 4.98 Å². The molecule has 0 aliphatic heterocycles. The normalized spacial score (nSPS) is 19.7. The predicted octanol–water partition coefficient (Wildman–Crippen LogP) is 1.56. The highest BCUT2D eigenvalue weighted by molar-refractivity contribution is 4.95. The summed E-state index contributed by atoms with van der Waals surface area (Å²) in [6, 6.07) is 0. The number of ether oxygens (including phenoxy) is 1. The Labute approximate surface area is 113 Å². The van der Waals surface area contributed by atoms with Gasteiger partial charge in [-0.05, 0) is 26.7 Å². The Bertz CT molecular complexity index is 388. The van der Waals surface area contributed by atoms with Crippen LogP contribution in [0.1, 0.15) is 57.3 Å². The van der Waals surface area contributed by atoms with Crippen molar-refractivity contribution in [3.8, 4) is 0 Å². The average molecular weight is 269 g/mol. The van der Waals surface area contributed by atoms with Crippen molar-refractivity contribution < 1.29 is 14.4 Å². The lowest BCUT2D eigenvalue weighted by atomic mass is 9.99. The van der Waals surface area contributed by atoms with Crippen LogP contribution in [0.5, 0.6) is 0 Å². The lowest BCUT2D eigenvalue weighted by Crippen LogP contribution is -2.45. The van der Waals surface area contributed by atoms with Gasteiger partial charge in [-0.1, -0.05) is 18.0 Å². The fraction of sp³-hybridized carbons (Fsp3) is 0.846. The monoisotopic (exact) mass is 269 g/mol. The van der Waals surface area contributed by atoms with E-state index < -0.39 is 0 Å². The van der Waals surface area contributed by atoms with Gasteiger partial charge in [0, 0.05) is 12.1 Å². The molecule has 0 radical (unpaired) electrons. The molecule has 1 saturated carbocycles. The molecule has 1 atom stereocenters. The van der Waals surface area contributed by atoms with Crippen LogP contribution in [0.4, 0.5) is 0 Å². The standard InChI is InChI=1S/C13H23N3O3/c1-3-18-10(2)12-15-11(19-16-12)8-14-13(9-17)6-4-5-7-13/h10,14,17H,3-9H2,1-2H3. The van der Waals surface area contributed by atoms with Gasteiger partial charge in [-0.15, -0.1) is 0 Å². The van der Waals surface area contributed by atoms with Crippen molar-refractivity contribution in [2.75, 3.05) is 13.2 Å². The second kappa shape index (κ2) is 6.45. The molecule has 2 rings (SSSR count). The molecule has 0 saturated heterocycles. The van der Waals surface area contributed by atoms with Crippen LogP contribution < -0.4 is 5.32 Å². The molecule has 1 unspecified atom stereocenters. The van der Waals surface area contributed by atoms with Gasteiger partial charge in [-0.25, -0.2) is 0 Å². The van der Waals surface area contributed by atoms with E-state index in [9.17, 15) is 5.11 Å². The van der Waals surface area contributed by atoms with Crippen molar-refractivity contribution in [3.63, 3.8) is 0 Å². The summed E-state index contributed by atoms with van der Waals surface area (Å²) in [4.78, 5) is 4.31. The van der Waals surface area contributed by atoms with Crippen molar-refractivity contribution in [1.82, 2.24) is 15.5 Å². The SMILES string of the molecule is CCOC(C)c1noc(CNC2(CO)CCCC2)n1. The smallest absolute Gasteiger partial charge is 0.240 e. The van der Waals surface area contributed by atoms with Crippen LogP contribution in [-0.4, -0.2) is 34.0 Å². The van der Waals surface area contributed by atoms with Gasteiger partial charge in [0.15, 0.2) is 5.82 Å². The molecule has 0 bridgehead atoms. The maximum atomic E-state index is 9.51. The van der Waals surface area contributed by atoms with Gasteiger partial charge < -0.3 is 19.7 Å². The third kappa shape index (κ3) is 3.52. The molecule has 108 valence electrons. The van der Waals surface area contributed by atoms with Gasteiger partial charge in [0.25, 0.3) is 0 Å². The second-order valence-corrected chi connectivity index (χ2v) is 5.14. The summed E-state index contributed by atoms with van der Waals surface area (Å²) >= 11 is 0. The molecule has 1 aliphatic rings. The third-order valence-electron chi connectivity index (χ3n) is 3.74. The average Bonchev–Trinajstić information content (AvgIpc) is 3.07. The molecule has 6 nitrogen and oxygen atoms in total. The summed E-state index contributed by atoms with van der Waals surface area (Å²) < 4.78 is 10.6. The summed E-state index contributed by atoms with van der Waals surface area (Å²) in [5.74, 6) is 1.12. The molecule has 0 aromatic carbocycles. The predicted molar refractivity (Wildman–Crippen MR) is 69.5 cm³/mol. The Morgan fingerprint density at radius 1 is 1.47 bits per heavy atom. The molecule has 1 aromatic rings. The fourth-order valence-electron chi connectivity index (χ4n) is 2.54. The molecule has 1 fully saturated rings. The quantitative estimate of drug-likeness (QED) is 0.782. The summed E-state index contributed by atoms with van der Waals surface area (Å²) in [5, 5.41) is 16.8. The Morgan fingerprint density at radius 2 is 2.21 bits per heavy atom. The Balaban J connectivity index is 1.89. The first kappa shape index (κ1) is 14.4. The first-order chi connectivity index (χ1) is 9.19. The number of aromatic nitrogens is 2. The summed E-state index contributed by atoms with van der Waals surface area (Å²) in [6.45, 7) is 5.11. The number of aliphatic hydroxyl groups is 1. The van der Waals surface area contributed by atoms with Gasteiger partial charge in [0.1, 0.15) is 6.10 Å². The molecule has 0 spiro atoms. The highest BCUT2D eigenvalue weighted by Crippen LogP contribution is 2.29. The van der Waals surface area contributed by atoms with E-state index in [1.165, 1.54) is 0 Å². The molecular weight excluding hydrogens is 246 g/mol. The largest absolute Gasteiger partial charge is 0.394 e. The maximum absolute atomic E-state index is 9.51. The van der Waals surface area contributed by atoms with Crippen LogP contribution in [0.25, 0.3) is 0 Å². The number of rotatable bonds is 7. The van der Waals surface area contributed by atoms with Crippen LogP contribution in [0.3, 0.4) is 0 Å². The van der Waals surface area contributed by atoms with Gasteiger partial charge in [-0.3, -0.25) is 0 Å². The zero-order chi connectivity index (χ0) is 13.7. The number of hydrogen-bond acceptors (Lipinski definition) is 6. The highest BCUT2D eigenvalue weighted by atomic mass is 16.5. The van der Waals surface area contributed by atoms with E-state index in [0.29, 0.717) is 24.9 Å². The minimum atomic E-state index is -0.167. The minimum absolute atomic E-state index is 0.152. The van der Waals surface area contributed by atoms with E-state index in [1.54, 1.807) is 0 Å². The van der Waals surface area contributed by atoms with Crippen molar-refractivity contribution in [2.45, 2.75) is 57.7 Å². The van der Waals surface area contributed by atoms with Crippen molar-refractivity contribution in [3.05, 3.63) is 11.7 Å². The first-order valence-electron chi connectivity index (χ1n) is 6.99. The maximum Gasteiger partial charge on any atom is 0.240 e. The van der Waals surface area contributed by atoms with Crippen LogP contribution in [0, 0.1) is 0 Å². The van der Waals surface area contributed by atoms with Crippen LogP contribution >= 0.6 is 0 Å². The minimum Gasteiger partial charge on any atom is -0.394 e. The fourth-order valence-corrected chi connectivity index (χ4v) is 2.54. The zero-order valence-corrected chi connectivity index (χ0v) is 11.7. The van der Waals surface area contributed by atoms with Gasteiger partial charge in [0.2, 0.25) is 5.89 Å². The molecule has 1 aromatic heterocycles. The van der Waals surface area contributed by atoms with Crippen LogP contribution in [-0.2, 0) is 11.3 Å². The van der Waals surface area contributed by atoms with E-state index in [0.717, 1.165) is 25.7 Å². The lowest BCUT2D eigenvalue weighted by Gasteiger charge is -2.27. The van der Waals surface area contributed by atoms with E-state index in [2.05, 4.69) is 15.5 Å². The number of hydrogen-bond donors (Lipinski definition) is 2. The number of aliphatic hydroxyl groups excluding tert-OH is 1. The molecule has 1 heterocycles. The zero-order valence-electron chi connectivity index (χ0n) is 11.7. The number of nitrogens with zero attached hydrogens (tertiary/aromatic N) is 2. The van der Waals surface area contributed by atoms with Crippen LogP contribution in [0.15, 0.2) is 4.52 Å². The molecule has 2 N–H and O–H groups in total. The molecule has 0 amide bonds. The molecule has 6 heteroatoms. The number of nitrogens with one attached hydrogen (secondary N) is 1. The van der Waals surface area contributed by atoms with E-state index in [-0.39, 0.29) is 18.2 Å². The van der Waals surface area contributed by atoms with Gasteiger partial charge >= 0.3 is 0 Å². The second-order valence-electron chi connectivity index (χ2n) is 5.14. The first-order valence-corrected chi connectivity index (χ1v) is 6.99. The Kier molecular flexibility index (Phi) is 4.90. The summed E-state index contributed by atoms with van der Waals surface area (Å²) in [7, 11) is 0. The van der Waals surface area contributed by atoms with E-state index in [4.69, 9.17) is 9.26 Å².